The number of aromatic amines is 1. The van der Waals surface area contributed by atoms with E-state index < -0.39 is 29.1 Å². The molecule has 7 rings (SSSR count). The summed E-state index contributed by atoms with van der Waals surface area (Å²) < 4.78 is 23.8. The average Bonchev–Trinajstić information content (AvgIpc) is 3.52. The largest absolute Gasteiger partial charge is 0.389 e. The molecule has 6 nitrogen and oxygen atoms in total. The van der Waals surface area contributed by atoms with Crippen LogP contribution in [0.25, 0.3) is 16.5 Å². The number of allylic oxidation sites excluding steroid dienone is 3. The molecule has 3 aliphatic carbocycles. The molecule has 3 N–H and O–H groups in total. The van der Waals surface area contributed by atoms with E-state index in [1.54, 1.807) is 0 Å². The van der Waals surface area contributed by atoms with E-state index in [4.69, 9.17) is 4.74 Å². The van der Waals surface area contributed by atoms with Crippen LogP contribution in [0.15, 0.2) is 42.1 Å². The van der Waals surface area contributed by atoms with E-state index >= 15 is 4.39 Å². The molecule has 2 aliphatic heterocycles. The molecule has 35 heavy (non-hydrogen) atoms. The van der Waals surface area contributed by atoms with Crippen LogP contribution in [-0.2, 0) is 4.74 Å². The van der Waals surface area contributed by atoms with E-state index in [0.29, 0.717) is 12.8 Å². The zero-order valence-corrected chi connectivity index (χ0v) is 20.6. The number of aliphatic hydroxyl groups is 2. The van der Waals surface area contributed by atoms with Crippen LogP contribution in [0.2, 0.25) is 0 Å². The minimum Gasteiger partial charge on any atom is -0.389 e. The van der Waals surface area contributed by atoms with Crippen molar-refractivity contribution >= 4 is 16.5 Å². The number of rotatable bonds is 2. The lowest BCUT2D eigenvalue weighted by atomic mass is 9.56. The molecule has 1 aromatic carbocycles. The molecule has 1 aromatic heterocycles. The van der Waals surface area contributed by atoms with Crippen molar-refractivity contribution in [3.8, 4) is 0 Å². The lowest BCUT2D eigenvalue weighted by Crippen LogP contribution is -2.73. The number of nitrogens with one attached hydrogen (secondary N) is 1. The van der Waals surface area contributed by atoms with Gasteiger partial charge in [0.25, 0.3) is 0 Å². The first-order valence-corrected chi connectivity index (χ1v) is 12.9. The van der Waals surface area contributed by atoms with Gasteiger partial charge in [-0.15, -0.1) is 0 Å². The van der Waals surface area contributed by atoms with Gasteiger partial charge in [-0.25, -0.2) is 4.39 Å². The number of aliphatic hydroxyl groups excluding tert-OH is 2. The lowest BCUT2D eigenvalue weighted by molar-refractivity contribution is -0.282. The number of alkyl halides is 1. The van der Waals surface area contributed by atoms with Gasteiger partial charge in [0.15, 0.2) is 5.67 Å². The monoisotopic (exact) mass is 479 g/mol. The Balaban J connectivity index is 1.30. The second kappa shape index (κ2) is 6.82. The number of hydrogen-bond acceptors (Lipinski definition) is 5. The summed E-state index contributed by atoms with van der Waals surface area (Å²) in [6.07, 6.45) is 7.36. The highest BCUT2D eigenvalue weighted by atomic mass is 19.1. The maximum Gasteiger partial charge on any atom is 0.171 e. The quantitative estimate of drug-likeness (QED) is 0.572. The molecule has 7 heteroatoms. The fourth-order valence-electron chi connectivity index (χ4n) is 8.54. The van der Waals surface area contributed by atoms with E-state index in [-0.39, 0.29) is 23.8 Å². The smallest absolute Gasteiger partial charge is 0.171 e. The Morgan fingerprint density at radius 2 is 2.03 bits per heavy atom. The lowest BCUT2D eigenvalue weighted by Gasteiger charge is -2.61. The van der Waals surface area contributed by atoms with Crippen LogP contribution in [0.3, 0.4) is 0 Å². The molecule has 3 heterocycles. The molecule has 0 radical (unpaired) electrons. The Morgan fingerprint density at radius 3 is 2.83 bits per heavy atom. The molecule has 2 bridgehead atoms. The summed E-state index contributed by atoms with van der Waals surface area (Å²) in [5.74, 6) is 0.216. The maximum atomic E-state index is 16.8. The normalized spacial score (nSPS) is 46.3. The van der Waals surface area contributed by atoms with Crippen LogP contribution in [0.4, 0.5) is 4.39 Å². The number of H-pyrrole nitrogens is 1. The number of nitrogens with zero attached hydrogens (tertiary/aromatic N) is 2. The van der Waals surface area contributed by atoms with Crippen molar-refractivity contribution in [3.63, 3.8) is 0 Å². The van der Waals surface area contributed by atoms with Gasteiger partial charge in [-0.2, -0.15) is 5.10 Å². The van der Waals surface area contributed by atoms with Crippen molar-refractivity contribution in [1.29, 1.82) is 0 Å². The van der Waals surface area contributed by atoms with E-state index in [1.165, 1.54) is 11.1 Å². The summed E-state index contributed by atoms with van der Waals surface area (Å²) in [7, 11) is 3.76. The van der Waals surface area contributed by atoms with Crippen molar-refractivity contribution in [2.45, 2.75) is 80.6 Å². The fraction of sp³-hybridized carbons (Fsp3) is 0.607. The van der Waals surface area contributed by atoms with Crippen molar-refractivity contribution < 1.29 is 19.3 Å². The molecule has 3 fully saturated rings. The van der Waals surface area contributed by atoms with Crippen molar-refractivity contribution in [2.75, 3.05) is 14.1 Å². The second-order valence-electron chi connectivity index (χ2n) is 12.1. The first-order chi connectivity index (χ1) is 16.6. The molecule has 2 spiro atoms. The van der Waals surface area contributed by atoms with Crippen LogP contribution >= 0.6 is 0 Å². The third-order valence-corrected chi connectivity index (χ3v) is 10.4. The third kappa shape index (κ3) is 2.55. The van der Waals surface area contributed by atoms with Gasteiger partial charge >= 0.3 is 0 Å². The van der Waals surface area contributed by atoms with Crippen LogP contribution in [0.5, 0.6) is 0 Å². The topological polar surface area (TPSA) is 81.6 Å². The van der Waals surface area contributed by atoms with E-state index in [1.807, 2.05) is 25.2 Å². The van der Waals surface area contributed by atoms with E-state index in [9.17, 15) is 10.2 Å². The number of ether oxygens (including phenoxy) is 1. The molecule has 2 aromatic rings. The SMILES string of the molecule is CN(C)[C@H]1C[C@@]23CC[C@@]4(O2)C(=CC[C@]2(C)C(c5ccc6cn[nH]c6c5)=CCC24)CC3(F)[C@@H](O)[C@@H]1O. The molecular weight excluding hydrogens is 445 g/mol. The van der Waals surface area contributed by atoms with Gasteiger partial charge in [0, 0.05) is 29.2 Å². The number of benzene rings is 1. The van der Waals surface area contributed by atoms with Gasteiger partial charge in [-0.05, 0) is 69.0 Å². The summed E-state index contributed by atoms with van der Waals surface area (Å²) in [5.41, 5.74) is 0.866. The first kappa shape index (κ1) is 22.2. The molecule has 2 unspecified atom stereocenters. The van der Waals surface area contributed by atoms with Crippen molar-refractivity contribution in [1.82, 2.24) is 15.1 Å². The van der Waals surface area contributed by atoms with Gasteiger partial charge in [0.1, 0.15) is 11.7 Å². The van der Waals surface area contributed by atoms with Crippen LogP contribution < -0.4 is 0 Å². The standard InChI is InChI=1S/C28H34FN3O3/c1-25-9-8-18-13-28(29)24(34)23(33)21(32(2)3)14-26(28)10-11-27(18,35-26)22(25)7-6-19(25)16-4-5-17-15-30-31-20(17)12-16/h4-6,8,12,15,21-24,33-34H,7,9-11,13-14H2,1-3H3,(H,30,31)/t21-,22?,23+,24-,25+,26+,27+,28?/m0/s1. The fourth-order valence-corrected chi connectivity index (χ4v) is 8.54. The van der Waals surface area contributed by atoms with Gasteiger partial charge in [0.2, 0.25) is 0 Å². The van der Waals surface area contributed by atoms with Crippen molar-refractivity contribution in [2.24, 2.45) is 11.3 Å². The third-order valence-electron chi connectivity index (χ3n) is 10.4. The Morgan fingerprint density at radius 1 is 1.20 bits per heavy atom. The number of halogens is 1. The minimum atomic E-state index is -1.97. The molecular formula is C28H34FN3O3. The summed E-state index contributed by atoms with van der Waals surface area (Å²) in [4.78, 5) is 1.90. The van der Waals surface area contributed by atoms with Gasteiger partial charge in [-0.1, -0.05) is 31.2 Å². The summed E-state index contributed by atoms with van der Waals surface area (Å²) in [6, 6.07) is 6.13. The predicted molar refractivity (Wildman–Crippen MR) is 131 cm³/mol. The first-order valence-electron chi connectivity index (χ1n) is 12.9. The van der Waals surface area contributed by atoms with Gasteiger partial charge < -0.3 is 19.8 Å². The molecule has 2 saturated heterocycles. The highest BCUT2D eigenvalue weighted by Gasteiger charge is 2.76. The summed E-state index contributed by atoms with van der Waals surface area (Å²) >= 11 is 0. The highest BCUT2D eigenvalue weighted by Crippen LogP contribution is 2.70. The highest BCUT2D eigenvalue weighted by molar-refractivity contribution is 5.84. The maximum absolute atomic E-state index is 16.8. The molecule has 186 valence electrons. The molecule has 8 atom stereocenters. The number of hydrogen-bond donors (Lipinski definition) is 3. The Bertz CT molecular complexity index is 1290. The zero-order valence-electron chi connectivity index (χ0n) is 20.6. The summed E-state index contributed by atoms with van der Waals surface area (Å²) in [5, 5.41) is 30.3. The van der Waals surface area contributed by atoms with Crippen LogP contribution in [-0.4, -0.2) is 74.5 Å². The molecule has 1 saturated carbocycles. The predicted octanol–water partition coefficient (Wildman–Crippen LogP) is 3.76. The average molecular weight is 480 g/mol. The number of aromatic nitrogens is 2. The molecule has 0 amide bonds. The number of likely N-dealkylation sites (N-methyl/N-ethyl adjacent to an activating group) is 1. The Hall–Kier alpha value is -2.06. The Labute approximate surface area is 204 Å². The minimum absolute atomic E-state index is 0.118. The van der Waals surface area contributed by atoms with E-state index in [0.717, 1.165) is 35.7 Å². The second-order valence-corrected chi connectivity index (χ2v) is 12.1. The van der Waals surface area contributed by atoms with Gasteiger partial charge in [-0.3, -0.25) is 5.10 Å². The molecule has 5 aliphatic rings. The number of fused-ring (bicyclic) bond motifs is 2. The van der Waals surface area contributed by atoms with Crippen molar-refractivity contribution in [3.05, 3.63) is 47.7 Å². The van der Waals surface area contributed by atoms with Crippen LogP contribution in [0, 0.1) is 11.3 Å². The Kier molecular flexibility index (Phi) is 4.32. The summed E-state index contributed by atoms with van der Waals surface area (Å²) in [6.45, 7) is 2.34. The zero-order chi connectivity index (χ0) is 24.4. The van der Waals surface area contributed by atoms with Crippen LogP contribution in [0.1, 0.15) is 51.0 Å². The van der Waals surface area contributed by atoms with E-state index in [2.05, 4.69) is 47.5 Å². The van der Waals surface area contributed by atoms with Gasteiger partial charge in [0.05, 0.1) is 23.4 Å².